The van der Waals surface area contributed by atoms with Gasteiger partial charge in [-0.15, -0.1) is 0 Å². The smallest absolute Gasteiger partial charge is 0.311 e. The van der Waals surface area contributed by atoms with E-state index >= 15 is 0 Å². The summed E-state index contributed by atoms with van der Waals surface area (Å²) in [5.41, 5.74) is -0.386. The molecule has 0 atom stereocenters. The molecule has 14 heavy (non-hydrogen) atoms. The van der Waals surface area contributed by atoms with Gasteiger partial charge in [0.25, 0.3) is 0 Å². The van der Waals surface area contributed by atoms with Crippen molar-refractivity contribution in [3.8, 4) is 0 Å². The monoisotopic (exact) mass is 201 g/mol. The van der Waals surface area contributed by atoms with Crippen molar-refractivity contribution >= 4 is 5.97 Å². The molecule has 0 aromatic rings. The number of esters is 1. The minimum atomic E-state index is -0.386. The van der Waals surface area contributed by atoms with Crippen molar-refractivity contribution in [1.29, 1.82) is 0 Å². The Morgan fingerprint density at radius 3 is 2.29 bits per heavy atom. The van der Waals surface area contributed by atoms with Crippen LogP contribution in [0.5, 0.6) is 0 Å². The fourth-order valence-electron chi connectivity index (χ4n) is 1.00. The molecule has 0 aliphatic carbocycles. The summed E-state index contributed by atoms with van der Waals surface area (Å²) in [7, 11) is 2.04. The van der Waals surface area contributed by atoms with E-state index < -0.39 is 0 Å². The van der Waals surface area contributed by atoms with Gasteiger partial charge in [-0.2, -0.15) is 0 Å². The molecule has 0 bridgehead atoms. The van der Waals surface area contributed by atoms with Crippen LogP contribution in [0, 0.1) is 5.41 Å². The third-order valence-electron chi connectivity index (χ3n) is 1.92. The molecule has 0 N–H and O–H groups in total. The molecule has 0 rings (SSSR count). The van der Waals surface area contributed by atoms with Gasteiger partial charge in [-0.3, -0.25) is 4.79 Å². The van der Waals surface area contributed by atoms with Crippen molar-refractivity contribution in [2.24, 2.45) is 5.41 Å². The molecule has 0 aromatic carbocycles. The Balaban J connectivity index is 3.59. The highest BCUT2D eigenvalue weighted by atomic mass is 16.5. The van der Waals surface area contributed by atoms with Crippen molar-refractivity contribution in [3.05, 3.63) is 0 Å². The number of nitrogens with zero attached hydrogens (tertiary/aromatic N) is 1. The van der Waals surface area contributed by atoms with Crippen molar-refractivity contribution in [3.63, 3.8) is 0 Å². The van der Waals surface area contributed by atoms with E-state index in [0.717, 1.165) is 19.5 Å². The Hall–Kier alpha value is -0.570. The molecule has 0 saturated heterocycles. The molecule has 0 aliphatic heterocycles. The lowest BCUT2D eigenvalue weighted by molar-refractivity contribution is -0.153. The first-order valence-electron chi connectivity index (χ1n) is 5.23. The van der Waals surface area contributed by atoms with Gasteiger partial charge in [-0.1, -0.05) is 6.92 Å². The average Bonchev–Trinajstić information content (AvgIpc) is 2.02. The minimum Gasteiger partial charge on any atom is -0.464 e. The molecule has 0 amide bonds. The van der Waals surface area contributed by atoms with E-state index in [2.05, 4.69) is 11.8 Å². The quantitative estimate of drug-likeness (QED) is 0.636. The van der Waals surface area contributed by atoms with E-state index in [9.17, 15) is 4.79 Å². The van der Waals surface area contributed by atoms with Gasteiger partial charge in [0.2, 0.25) is 0 Å². The van der Waals surface area contributed by atoms with Crippen LogP contribution in [0.3, 0.4) is 0 Å². The van der Waals surface area contributed by atoms with Crippen LogP contribution in [0.2, 0.25) is 0 Å². The third-order valence-corrected chi connectivity index (χ3v) is 1.92. The van der Waals surface area contributed by atoms with Crippen LogP contribution < -0.4 is 0 Å². The molecular weight excluding hydrogens is 178 g/mol. The predicted octanol–water partition coefficient (Wildman–Crippen LogP) is 1.92. The van der Waals surface area contributed by atoms with Gasteiger partial charge in [0.05, 0.1) is 5.41 Å². The maximum Gasteiger partial charge on any atom is 0.311 e. The molecule has 0 aliphatic rings. The summed E-state index contributed by atoms with van der Waals surface area (Å²) < 4.78 is 5.14. The van der Waals surface area contributed by atoms with Crippen LogP contribution in [0.25, 0.3) is 0 Å². The molecule has 84 valence electrons. The summed E-state index contributed by atoms with van der Waals surface area (Å²) in [6.07, 6.45) is 1.13. The van der Waals surface area contributed by atoms with Crippen LogP contribution in [-0.4, -0.2) is 37.6 Å². The molecule has 3 nitrogen and oxygen atoms in total. The zero-order valence-electron chi connectivity index (χ0n) is 10.1. The fraction of sp³-hybridized carbons (Fsp3) is 0.909. The lowest BCUT2D eigenvalue weighted by Gasteiger charge is -2.19. The van der Waals surface area contributed by atoms with E-state index in [1.807, 2.05) is 27.8 Å². The Morgan fingerprint density at radius 2 is 1.86 bits per heavy atom. The summed E-state index contributed by atoms with van der Waals surface area (Å²) in [6, 6.07) is 0. The first-order chi connectivity index (χ1) is 6.38. The second-order valence-electron chi connectivity index (χ2n) is 4.69. The van der Waals surface area contributed by atoms with Crippen molar-refractivity contribution in [2.75, 3.05) is 26.7 Å². The molecule has 0 saturated carbocycles. The maximum atomic E-state index is 11.4. The summed E-state index contributed by atoms with van der Waals surface area (Å²) in [6.45, 7) is 10.1. The highest BCUT2D eigenvalue weighted by Crippen LogP contribution is 2.14. The second kappa shape index (κ2) is 6.02. The standard InChI is InChI=1S/C11H23NO2/c1-6-7-12(5)8-9-14-10(13)11(2,3)4/h6-9H2,1-5H3. The number of rotatable bonds is 5. The van der Waals surface area contributed by atoms with Crippen LogP contribution in [-0.2, 0) is 9.53 Å². The number of ether oxygens (including phenoxy) is 1. The predicted molar refractivity (Wildman–Crippen MR) is 58.2 cm³/mol. The number of likely N-dealkylation sites (N-methyl/N-ethyl adjacent to an activating group) is 1. The van der Waals surface area contributed by atoms with Crippen molar-refractivity contribution < 1.29 is 9.53 Å². The second-order valence-corrected chi connectivity index (χ2v) is 4.69. The molecule has 0 radical (unpaired) electrons. The van der Waals surface area contributed by atoms with Crippen LogP contribution in [0.4, 0.5) is 0 Å². The molecule has 3 heteroatoms. The number of hydrogen-bond donors (Lipinski definition) is 0. The number of carbonyl (C=O) groups is 1. The van der Waals surface area contributed by atoms with Crippen molar-refractivity contribution in [1.82, 2.24) is 4.90 Å². The topological polar surface area (TPSA) is 29.5 Å². The van der Waals surface area contributed by atoms with Gasteiger partial charge in [0.15, 0.2) is 0 Å². The Labute approximate surface area is 87.4 Å². The molecule has 0 fully saturated rings. The number of hydrogen-bond acceptors (Lipinski definition) is 3. The maximum absolute atomic E-state index is 11.4. The minimum absolute atomic E-state index is 0.123. The van der Waals surface area contributed by atoms with Gasteiger partial charge in [-0.05, 0) is 40.8 Å². The van der Waals surface area contributed by atoms with Gasteiger partial charge < -0.3 is 9.64 Å². The van der Waals surface area contributed by atoms with Crippen LogP contribution in [0.1, 0.15) is 34.1 Å². The normalized spacial score (nSPS) is 11.9. The Bertz CT molecular complexity index is 173. The SMILES string of the molecule is CCCN(C)CCOC(=O)C(C)(C)C. The third kappa shape index (κ3) is 5.97. The zero-order chi connectivity index (χ0) is 11.2. The molecule has 0 spiro atoms. The molecule has 0 heterocycles. The van der Waals surface area contributed by atoms with E-state index in [1.54, 1.807) is 0 Å². The molecular formula is C11H23NO2. The van der Waals surface area contributed by atoms with E-state index in [1.165, 1.54) is 0 Å². The van der Waals surface area contributed by atoms with E-state index in [0.29, 0.717) is 6.61 Å². The Kier molecular flexibility index (Phi) is 5.77. The first kappa shape index (κ1) is 13.4. The summed E-state index contributed by atoms with van der Waals surface area (Å²) >= 11 is 0. The number of carbonyl (C=O) groups excluding carboxylic acids is 1. The highest BCUT2D eigenvalue weighted by molar-refractivity contribution is 5.75. The lowest BCUT2D eigenvalue weighted by Crippen LogP contribution is -2.29. The van der Waals surface area contributed by atoms with Crippen molar-refractivity contribution in [2.45, 2.75) is 34.1 Å². The van der Waals surface area contributed by atoms with Crippen LogP contribution in [0.15, 0.2) is 0 Å². The fourth-order valence-corrected chi connectivity index (χ4v) is 1.00. The highest BCUT2D eigenvalue weighted by Gasteiger charge is 2.22. The van der Waals surface area contributed by atoms with Crippen LogP contribution >= 0.6 is 0 Å². The summed E-state index contributed by atoms with van der Waals surface area (Å²) in [5, 5.41) is 0. The van der Waals surface area contributed by atoms with E-state index in [4.69, 9.17) is 4.74 Å². The van der Waals surface area contributed by atoms with Gasteiger partial charge in [0, 0.05) is 6.54 Å². The largest absolute Gasteiger partial charge is 0.464 e. The molecule has 0 aromatic heterocycles. The molecule has 0 unspecified atom stereocenters. The summed E-state index contributed by atoms with van der Waals surface area (Å²) in [5.74, 6) is -0.123. The zero-order valence-corrected chi connectivity index (χ0v) is 10.1. The first-order valence-corrected chi connectivity index (χ1v) is 5.23. The van der Waals surface area contributed by atoms with E-state index in [-0.39, 0.29) is 11.4 Å². The summed E-state index contributed by atoms with van der Waals surface area (Å²) in [4.78, 5) is 13.5. The lowest BCUT2D eigenvalue weighted by atomic mass is 9.97. The average molecular weight is 201 g/mol. The van der Waals surface area contributed by atoms with Gasteiger partial charge in [0.1, 0.15) is 6.61 Å². The Morgan fingerprint density at radius 1 is 1.29 bits per heavy atom. The van der Waals surface area contributed by atoms with Gasteiger partial charge in [-0.25, -0.2) is 0 Å². The van der Waals surface area contributed by atoms with Gasteiger partial charge >= 0.3 is 5.97 Å².